The highest BCUT2D eigenvalue weighted by Gasteiger charge is 2.34. The van der Waals surface area contributed by atoms with Gasteiger partial charge in [-0.05, 0) is 91.4 Å². The van der Waals surface area contributed by atoms with Crippen LogP contribution < -0.4 is 4.90 Å². The molecule has 3 nitrogen and oxygen atoms in total. The van der Waals surface area contributed by atoms with Crippen LogP contribution in [-0.4, -0.2) is 11.6 Å². The zero-order valence-corrected chi connectivity index (χ0v) is 25.1. The van der Waals surface area contributed by atoms with Crippen molar-refractivity contribution in [1.29, 1.82) is 0 Å². The van der Waals surface area contributed by atoms with Crippen molar-refractivity contribution in [3.05, 3.63) is 128 Å². The molecule has 0 spiro atoms. The van der Waals surface area contributed by atoms with Crippen LogP contribution in [-0.2, 0) is 0 Å². The number of allylic oxidation sites excluding steroid dienone is 1. The first-order valence-electron chi connectivity index (χ1n) is 13.0. The van der Waals surface area contributed by atoms with Crippen molar-refractivity contribution in [2.75, 3.05) is 4.90 Å². The minimum Gasteiger partial charge on any atom is -0.302 e. The Morgan fingerprint density at radius 3 is 1.66 bits per heavy atom. The van der Waals surface area contributed by atoms with E-state index in [0.29, 0.717) is 11.1 Å². The molecule has 41 heavy (non-hydrogen) atoms. The highest BCUT2D eigenvalue weighted by atomic mass is 35.5. The van der Waals surface area contributed by atoms with Gasteiger partial charge in [-0.1, -0.05) is 58.6 Å². The van der Waals surface area contributed by atoms with Crippen LogP contribution in [0.15, 0.2) is 90.5 Å². The second-order valence-corrected chi connectivity index (χ2v) is 13.2. The molecule has 0 unspecified atom stereocenters. The molecule has 1 aliphatic carbocycles. The third-order valence-corrected chi connectivity index (χ3v) is 10.1. The van der Waals surface area contributed by atoms with Crippen LogP contribution in [0.3, 0.4) is 0 Å². The Balaban J connectivity index is 1.27. The van der Waals surface area contributed by atoms with Gasteiger partial charge in [-0.15, -0.1) is 22.7 Å². The molecule has 0 radical (unpaired) electrons. The first kappa shape index (κ1) is 26.2. The van der Waals surface area contributed by atoms with Gasteiger partial charge in [0.1, 0.15) is 5.00 Å². The first-order chi connectivity index (χ1) is 19.7. The molecule has 4 aromatic carbocycles. The number of rotatable bonds is 4. The molecule has 200 valence electrons. The van der Waals surface area contributed by atoms with E-state index >= 15 is 0 Å². The molecule has 0 saturated carbocycles. The van der Waals surface area contributed by atoms with Crippen LogP contribution in [0.4, 0.5) is 16.4 Å². The molecule has 0 atom stereocenters. The standard InChI is InChI=1S/C34H21Cl2NO2S2/c1-18-3-7-22(8-4-18)37(23-9-5-19(2)6-10-23)32-14-21-13-30-20(12-31(21)41-32)11-24(40-30)15-27-33(38)25-16-28(35)29(36)17-26(25)34(27)39/h3-17H,1-2H3. The Morgan fingerprint density at radius 1 is 0.634 bits per heavy atom. The molecule has 2 heterocycles. The molecular formula is C34H21Cl2NO2S2. The predicted molar refractivity (Wildman–Crippen MR) is 174 cm³/mol. The fourth-order valence-corrected chi connectivity index (χ4v) is 7.64. The van der Waals surface area contributed by atoms with E-state index in [1.54, 1.807) is 28.7 Å². The predicted octanol–water partition coefficient (Wildman–Crippen LogP) is 11.0. The van der Waals surface area contributed by atoms with Gasteiger partial charge in [0.15, 0.2) is 11.6 Å². The number of halogens is 2. The Morgan fingerprint density at radius 2 is 1.12 bits per heavy atom. The largest absolute Gasteiger partial charge is 0.302 e. The van der Waals surface area contributed by atoms with Gasteiger partial charge in [-0.25, -0.2) is 0 Å². The quantitative estimate of drug-likeness (QED) is 0.147. The maximum absolute atomic E-state index is 13.0. The third kappa shape index (κ3) is 4.59. The Bertz CT molecular complexity index is 1930. The Labute approximate surface area is 254 Å². The lowest BCUT2D eigenvalue weighted by molar-refractivity contribution is 0.0990. The van der Waals surface area contributed by atoms with Crippen LogP contribution in [0.25, 0.3) is 26.2 Å². The SMILES string of the molecule is Cc1ccc(N(c2ccc(C)cc2)c2cc3cc4sc(C=C5C(=O)c6cc(Cl)c(Cl)cc6C5=O)cc4cc3s2)cc1. The smallest absolute Gasteiger partial charge is 0.197 e. The fraction of sp³-hybridized carbons (Fsp3) is 0.0588. The van der Waals surface area contributed by atoms with Crippen LogP contribution >= 0.6 is 45.9 Å². The summed E-state index contributed by atoms with van der Waals surface area (Å²) in [7, 11) is 0. The highest BCUT2D eigenvalue weighted by Crippen LogP contribution is 2.44. The molecule has 0 bridgehead atoms. The lowest BCUT2D eigenvalue weighted by atomic mass is 10.1. The van der Waals surface area contributed by atoms with Crippen LogP contribution in [0.1, 0.15) is 36.7 Å². The second kappa shape index (κ2) is 9.97. The van der Waals surface area contributed by atoms with Crippen molar-refractivity contribution in [2.45, 2.75) is 13.8 Å². The number of fused-ring (bicyclic) bond motifs is 3. The van der Waals surface area contributed by atoms with E-state index in [4.69, 9.17) is 23.2 Å². The molecule has 1 aliphatic rings. The van der Waals surface area contributed by atoms with Gasteiger partial charge in [0.2, 0.25) is 0 Å². The number of aryl methyl sites for hydroxylation is 2. The summed E-state index contributed by atoms with van der Waals surface area (Å²) in [5, 5.41) is 3.87. The van der Waals surface area contributed by atoms with Crippen molar-refractivity contribution >= 4 is 100 Å². The number of hydrogen-bond acceptors (Lipinski definition) is 5. The molecule has 6 aromatic rings. The zero-order valence-electron chi connectivity index (χ0n) is 22.0. The number of anilines is 3. The van der Waals surface area contributed by atoms with E-state index in [-0.39, 0.29) is 27.2 Å². The first-order valence-corrected chi connectivity index (χ1v) is 15.3. The van der Waals surface area contributed by atoms with Gasteiger partial charge in [-0.3, -0.25) is 9.59 Å². The van der Waals surface area contributed by atoms with Gasteiger partial charge in [0.05, 0.1) is 15.6 Å². The maximum Gasteiger partial charge on any atom is 0.197 e. The molecular weight excluding hydrogens is 589 g/mol. The van der Waals surface area contributed by atoms with Gasteiger partial charge in [0, 0.05) is 36.8 Å². The average molecular weight is 611 g/mol. The lowest BCUT2D eigenvalue weighted by Crippen LogP contribution is -2.08. The number of carbonyl (C=O) groups is 2. The molecule has 0 aliphatic heterocycles. The summed E-state index contributed by atoms with van der Waals surface area (Å²) in [6.07, 6.45) is 1.69. The van der Waals surface area contributed by atoms with Crippen LogP contribution in [0, 0.1) is 13.8 Å². The number of hydrogen-bond donors (Lipinski definition) is 0. The van der Waals surface area contributed by atoms with Crippen molar-refractivity contribution in [3.8, 4) is 0 Å². The lowest BCUT2D eigenvalue weighted by Gasteiger charge is -2.23. The summed E-state index contributed by atoms with van der Waals surface area (Å²) in [5.41, 5.74) is 5.40. The van der Waals surface area contributed by atoms with E-state index < -0.39 is 0 Å². The van der Waals surface area contributed by atoms with E-state index in [2.05, 4.69) is 85.5 Å². The van der Waals surface area contributed by atoms with Gasteiger partial charge < -0.3 is 4.90 Å². The maximum atomic E-state index is 13.0. The van der Waals surface area contributed by atoms with E-state index in [9.17, 15) is 9.59 Å². The normalized spacial score (nSPS) is 12.9. The molecule has 7 rings (SSSR count). The van der Waals surface area contributed by atoms with Gasteiger partial charge in [0.25, 0.3) is 0 Å². The topological polar surface area (TPSA) is 37.4 Å². The van der Waals surface area contributed by atoms with Gasteiger partial charge in [-0.2, -0.15) is 0 Å². The molecule has 0 N–H and O–H groups in total. The molecule has 0 fully saturated rings. The Hall–Kier alpha value is -3.74. The fourth-order valence-electron chi connectivity index (χ4n) is 5.14. The third-order valence-electron chi connectivity index (χ3n) is 7.29. The summed E-state index contributed by atoms with van der Waals surface area (Å²) >= 11 is 15.5. The summed E-state index contributed by atoms with van der Waals surface area (Å²) in [4.78, 5) is 29.2. The molecule has 0 amide bonds. The summed E-state index contributed by atoms with van der Waals surface area (Å²) in [6, 6.07) is 28.8. The number of ketones is 2. The summed E-state index contributed by atoms with van der Waals surface area (Å²) in [6.45, 7) is 4.19. The van der Waals surface area contributed by atoms with E-state index in [1.807, 2.05) is 6.07 Å². The van der Waals surface area contributed by atoms with Crippen LogP contribution in [0.2, 0.25) is 10.0 Å². The van der Waals surface area contributed by atoms with Crippen molar-refractivity contribution in [3.63, 3.8) is 0 Å². The summed E-state index contributed by atoms with van der Waals surface area (Å²) in [5.74, 6) is -0.641. The minimum atomic E-state index is -0.320. The van der Waals surface area contributed by atoms with Crippen molar-refractivity contribution in [2.24, 2.45) is 0 Å². The van der Waals surface area contributed by atoms with Crippen molar-refractivity contribution < 1.29 is 9.59 Å². The number of nitrogens with zero attached hydrogens (tertiary/aromatic N) is 1. The van der Waals surface area contributed by atoms with E-state index in [0.717, 1.165) is 36.7 Å². The highest BCUT2D eigenvalue weighted by molar-refractivity contribution is 7.23. The Kier molecular flexibility index (Phi) is 6.36. The van der Waals surface area contributed by atoms with E-state index in [1.165, 1.54) is 28.0 Å². The molecule has 2 aromatic heterocycles. The van der Waals surface area contributed by atoms with Gasteiger partial charge >= 0.3 is 0 Å². The molecule has 7 heteroatoms. The number of Topliss-reactive ketones (excluding diaryl/α,β-unsaturated/α-hetero) is 2. The monoisotopic (exact) mass is 609 g/mol. The average Bonchev–Trinajstić information content (AvgIpc) is 3.60. The van der Waals surface area contributed by atoms with Crippen LogP contribution in [0.5, 0.6) is 0 Å². The number of carbonyl (C=O) groups excluding carboxylic acids is 2. The number of thiophene rings is 2. The van der Waals surface area contributed by atoms with Crippen molar-refractivity contribution in [1.82, 2.24) is 0 Å². The number of benzene rings is 4. The minimum absolute atomic E-state index is 0.140. The summed E-state index contributed by atoms with van der Waals surface area (Å²) < 4.78 is 2.26. The molecule has 0 saturated heterocycles. The second-order valence-electron chi connectivity index (χ2n) is 10.2. The zero-order chi connectivity index (χ0) is 28.4.